The van der Waals surface area contributed by atoms with Gasteiger partial charge in [0.05, 0.1) is 12.5 Å². The number of rotatable bonds is 2. The van der Waals surface area contributed by atoms with E-state index in [4.69, 9.17) is 9.47 Å². The number of carbonyl (C=O) groups excluding carboxylic acids is 2. The zero-order valence-electron chi connectivity index (χ0n) is 18.3. The molecule has 7 heteroatoms. The predicted octanol–water partition coefficient (Wildman–Crippen LogP) is 3.67. The normalized spacial score (nSPS) is 24.3. The summed E-state index contributed by atoms with van der Waals surface area (Å²) in [6.07, 6.45) is 3.65. The molecule has 3 heterocycles. The Morgan fingerprint density at radius 2 is 2.07 bits per heavy atom. The maximum Gasteiger partial charge on any atom is 0.408 e. The van der Waals surface area contributed by atoms with Gasteiger partial charge in [-0.2, -0.15) is 0 Å². The quantitative estimate of drug-likeness (QED) is 0.786. The van der Waals surface area contributed by atoms with Crippen LogP contribution >= 0.6 is 0 Å². The third-order valence-corrected chi connectivity index (χ3v) is 5.01. The number of nitrogens with zero attached hydrogens (tertiary/aromatic N) is 1. The molecule has 2 atom stereocenters. The molecule has 1 fully saturated rings. The van der Waals surface area contributed by atoms with Gasteiger partial charge < -0.3 is 20.1 Å². The van der Waals surface area contributed by atoms with E-state index in [2.05, 4.69) is 42.5 Å². The van der Waals surface area contributed by atoms with E-state index in [1.165, 1.54) is 0 Å². The van der Waals surface area contributed by atoms with Crippen LogP contribution in [-0.2, 0) is 16.0 Å². The maximum absolute atomic E-state index is 12.5. The molecule has 0 aliphatic carbocycles. The number of aromatic nitrogens is 1. The molecule has 1 aromatic rings. The van der Waals surface area contributed by atoms with Gasteiger partial charge in [0.25, 0.3) is 0 Å². The van der Waals surface area contributed by atoms with E-state index in [1.807, 2.05) is 27.0 Å². The molecule has 0 bridgehead atoms. The monoisotopic (exact) mass is 403 g/mol. The molecular formula is C22H33N3O4. The van der Waals surface area contributed by atoms with Crippen molar-refractivity contribution in [2.75, 3.05) is 6.54 Å². The topological polar surface area (TPSA) is 89.5 Å². The van der Waals surface area contributed by atoms with Crippen LogP contribution in [0.3, 0.4) is 0 Å². The van der Waals surface area contributed by atoms with Crippen molar-refractivity contribution >= 4 is 12.0 Å². The Morgan fingerprint density at radius 1 is 1.34 bits per heavy atom. The number of alkyl carbamates (subject to hydrolysis) is 1. The summed E-state index contributed by atoms with van der Waals surface area (Å²) in [6.45, 7) is 12.6. The van der Waals surface area contributed by atoms with E-state index in [1.54, 1.807) is 0 Å². The minimum Gasteiger partial charge on any atom is -0.470 e. The van der Waals surface area contributed by atoms with Crippen molar-refractivity contribution in [3.63, 3.8) is 0 Å². The van der Waals surface area contributed by atoms with Gasteiger partial charge in [-0.05, 0) is 44.2 Å². The lowest BCUT2D eigenvalue weighted by atomic mass is 9.80. The molecule has 1 saturated heterocycles. The van der Waals surface area contributed by atoms with Crippen molar-refractivity contribution in [1.82, 2.24) is 15.6 Å². The maximum atomic E-state index is 12.5. The third kappa shape index (κ3) is 5.61. The molecule has 160 valence electrons. The van der Waals surface area contributed by atoms with Crippen LogP contribution in [0.1, 0.15) is 78.0 Å². The fourth-order valence-electron chi connectivity index (χ4n) is 4.00. The van der Waals surface area contributed by atoms with Gasteiger partial charge in [-0.1, -0.05) is 20.8 Å². The molecule has 2 N–H and O–H groups in total. The third-order valence-electron chi connectivity index (χ3n) is 5.01. The number of piperidine rings is 1. The second kappa shape index (κ2) is 7.50. The van der Waals surface area contributed by atoms with Gasteiger partial charge in [0.2, 0.25) is 11.8 Å². The van der Waals surface area contributed by atoms with E-state index < -0.39 is 17.3 Å². The number of hydrogen-bond donors (Lipinski definition) is 2. The average Bonchev–Trinajstić information content (AvgIpc) is 2.52. The number of pyridine rings is 1. The molecule has 1 spiro atoms. The van der Waals surface area contributed by atoms with Crippen molar-refractivity contribution in [3.8, 4) is 5.88 Å². The van der Waals surface area contributed by atoms with Crippen LogP contribution in [0.2, 0.25) is 0 Å². The Balaban J connectivity index is 1.92. The van der Waals surface area contributed by atoms with Crippen LogP contribution in [-0.4, -0.2) is 34.7 Å². The molecule has 2 aliphatic heterocycles. The van der Waals surface area contributed by atoms with Crippen LogP contribution in [0.4, 0.5) is 4.79 Å². The summed E-state index contributed by atoms with van der Waals surface area (Å²) < 4.78 is 11.7. The van der Waals surface area contributed by atoms with Crippen molar-refractivity contribution < 1.29 is 19.1 Å². The largest absolute Gasteiger partial charge is 0.470 e. The molecule has 0 aromatic carbocycles. The minimum absolute atomic E-state index is 0.0416. The highest BCUT2D eigenvalue weighted by Crippen LogP contribution is 2.43. The minimum atomic E-state index is -0.659. The Labute approximate surface area is 172 Å². The molecule has 2 unspecified atom stereocenters. The summed E-state index contributed by atoms with van der Waals surface area (Å²) in [5.74, 6) is 0.449. The molecule has 2 amide bonds. The van der Waals surface area contributed by atoms with E-state index in [0.29, 0.717) is 25.3 Å². The number of amides is 2. The molecule has 7 nitrogen and oxygen atoms in total. The highest BCUT2D eigenvalue weighted by molar-refractivity contribution is 5.78. The highest BCUT2D eigenvalue weighted by atomic mass is 16.6. The zero-order chi connectivity index (χ0) is 21.4. The summed E-state index contributed by atoms with van der Waals surface area (Å²) in [6, 6.07) is 1.73. The standard InChI is InChI=1S/C22H33N3O4/c1-20(2,3)10-14-9-15-16(25-19(27)29-21(4,5)6)11-22(28-18(15)24-13-14)7-8-23-17(26)12-22/h9,13,16H,7-8,10-12H2,1-6H3,(H,23,26)(H,25,27). The Morgan fingerprint density at radius 3 is 2.69 bits per heavy atom. The Kier molecular flexibility index (Phi) is 5.54. The predicted molar refractivity (Wildman–Crippen MR) is 110 cm³/mol. The number of ether oxygens (including phenoxy) is 2. The lowest BCUT2D eigenvalue weighted by Gasteiger charge is -2.43. The zero-order valence-corrected chi connectivity index (χ0v) is 18.3. The summed E-state index contributed by atoms with van der Waals surface area (Å²) in [7, 11) is 0. The van der Waals surface area contributed by atoms with E-state index >= 15 is 0 Å². The first-order valence-electron chi connectivity index (χ1n) is 10.3. The Bertz CT molecular complexity index is 794. The fraction of sp³-hybridized carbons (Fsp3) is 0.682. The first-order chi connectivity index (χ1) is 13.3. The van der Waals surface area contributed by atoms with Gasteiger partial charge >= 0.3 is 6.09 Å². The van der Waals surface area contributed by atoms with E-state index in [9.17, 15) is 9.59 Å². The molecule has 0 radical (unpaired) electrons. The average molecular weight is 404 g/mol. The lowest BCUT2D eigenvalue weighted by molar-refractivity contribution is -0.129. The van der Waals surface area contributed by atoms with Gasteiger partial charge in [-0.25, -0.2) is 9.78 Å². The molecule has 2 aliphatic rings. The fourth-order valence-corrected chi connectivity index (χ4v) is 4.00. The van der Waals surface area contributed by atoms with Gasteiger partial charge in [-0.15, -0.1) is 0 Å². The van der Waals surface area contributed by atoms with Crippen LogP contribution in [0.15, 0.2) is 12.3 Å². The first-order valence-corrected chi connectivity index (χ1v) is 10.3. The van der Waals surface area contributed by atoms with Crippen LogP contribution in [0, 0.1) is 5.41 Å². The number of nitrogens with one attached hydrogen (secondary N) is 2. The number of carbonyl (C=O) groups is 2. The molecule has 1 aromatic heterocycles. The molecule has 0 saturated carbocycles. The molecule has 29 heavy (non-hydrogen) atoms. The van der Waals surface area contributed by atoms with Gasteiger partial charge in [0, 0.05) is 31.1 Å². The van der Waals surface area contributed by atoms with Gasteiger partial charge in [-0.3, -0.25) is 4.79 Å². The van der Waals surface area contributed by atoms with Crippen molar-refractivity contribution in [1.29, 1.82) is 0 Å². The first kappa shape index (κ1) is 21.4. The summed E-state index contributed by atoms with van der Waals surface area (Å²) in [4.78, 5) is 29.1. The second-order valence-electron chi connectivity index (χ2n) is 10.4. The molecular weight excluding hydrogens is 370 g/mol. The number of fused-ring (bicyclic) bond motifs is 1. The second-order valence-corrected chi connectivity index (χ2v) is 10.4. The summed E-state index contributed by atoms with van der Waals surface area (Å²) >= 11 is 0. The summed E-state index contributed by atoms with van der Waals surface area (Å²) in [5.41, 5.74) is 0.796. The summed E-state index contributed by atoms with van der Waals surface area (Å²) in [5, 5.41) is 5.84. The van der Waals surface area contributed by atoms with Crippen molar-refractivity contribution in [3.05, 3.63) is 23.4 Å². The number of hydrogen-bond acceptors (Lipinski definition) is 5. The van der Waals surface area contributed by atoms with Crippen LogP contribution < -0.4 is 15.4 Å². The van der Waals surface area contributed by atoms with Crippen LogP contribution in [0.5, 0.6) is 5.88 Å². The highest BCUT2D eigenvalue weighted by Gasteiger charge is 2.45. The Hall–Kier alpha value is -2.31. The van der Waals surface area contributed by atoms with E-state index in [0.717, 1.165) is 17.5 Å². The van der Waals surface area contributed by atoms with E-state index in [-0.39, 0.29) is 23.8 Å². The SMILES string of the molecule is CC(C)(C)Cc1cnc2c(c1)C(NC(=O)OC(C)(C)C)CC1(CCNC(=O)C1)O2. The van der Waals surface area contributed by atoms with Gasteiger partial charge in [0.15, 0.2) is 0 Å². The van der Waals surface area contributed by atoms with Crippen molar-refractivity contribution in [2.24, 2.45) is 5.41 Å². The lowest BCUT2D eigenvalue weighted by Crippen LogP contribution is -2.53. The van der Waals surface area contributed by atoms with Gasteiger partial charge in [0.1, 0.15) is 11.2 Å². The molecule has 3 rings (SSSR count). The smallest absolute Gasteiger partial charge is 0.408 e. The van der Waals surface area contributed by atoms with Crippen molar-refractivity contribution in [2.45, 2.75) is 84.5 Å². The van der Waals surface area contributed by atoms with Crippen LogP contribution in [0.25, 0.3) is 0 Å².